The average Bonchev–Trinajstić information content (AvgIpc) is 3.12. The zero-order chi connectivity index (χ0) is 22.1. The monoisotopic (exact) mass is 453 g/mol. The molecule has 0 unspecified atom stereocenters. The van der Waals surface area contributed by atoms with Gasteiger partial charge in [0, 0.05) is 12.1 Å². The predicted octanol–water partition coefficient (Wildman–Crippen LogP) is 4.22. The van der Waals surface area contributed by atoms with Crippen molar-refractivity contribution in [3.63, 3.8) is 0 Å². The summed E-state index contributed by atoms with van der Waals surface area (Å²) in [5.41, 5.74) is -0.0509. The summed E-state index contributed by atoms with van der Waals surface area (Å²) in [5.74, 6) is -4.12. The Morgan fingerprint density at radius 3 is 2.43 bits per heavy atom. The Kier molecular flexibility index (Phi) is 6.74. The van der Waals surface area contributed by atoms with E-state index in [1.54, 1.807) is 0 Å². The molecule has 2 atom stereocenters. The molecule has 0 radical (unpaired) electrons. The van der Waals surface area contributed by atoms with Crippen molar-refractivity contribution in [2.24, 2.45) is 11.8 Å². The topological polar surface area (TPSA) is 70.2 Å². The molecule has 0 bridgehead atoms. The van der Waals surface area contributed by atoms with Gasteiger partial charge in [0.25, 0.3) is 0 Å². The van der Waals surface area contributed by atoms with E-state index in [4.69, 9.17) is 11.6 Å². The molecule has 166 valence electrons. The van der Waals surface area contributed by atoms with E-state index in [0.29, 0.717) is 0 Å². The van der Waals surface area contributed by atoms with Gasteiger partial charge in [-0.1, -0.05) is 17.7 Å². The average molecular weight is 454 g/mol. The van der Waals surface area contributed by atoms with Gasteiger partial charge in [0.15, 0.2) is 0 Å². The highest BCUT2D eigenvalue weighted by Crippen LogP contribution is 2.42. The molecule has 5 nitrogen and oxygen atoms in total. The van der Waals surface area contributed by atoms with Gasteiger partial charge >= 0.3 is 12.2 Å². The van der Waals surface area contributed by atoms with E-state index in [1.165, 1.54) is 0 Å². The Hall–Kier alpha value is -2.10. The van der Waals surface area contributed by atoms with Crippen molar-refractivity contribution < 1.29 is 31.5 Å². The highest BCUT2D eigenvalue weighted by Gasteiger charge is 2.42. The second kappa shape index (κ2) is 8.95. The van der Waals surface area contributed by atoms with Crippen LogP contribution in [0.15, 0.2) is 12.1 Å². The van der Waals surface area contributed by atoms with E-state index in [2.05, 4.69) is 16.0 Å². The number of hydrogen-bond acceptors (Lipinski definition) is 2. The van der Waals surface area contributed by atoms with Gasteiger partial charge in [0.2, 0.25) is 5.91 Å². The molecule has 3 rings (SSSR count). The first-order valence-corrected chi connectivity index (χ1v) is 9.99. The van der Waals surface area contributed by atoms with Gasteiger partial charge in [0.05, 0.1) is 12.0 Å². The lowest BCUT2D eigenvalue weighted by Crippen LogP contribution is -2.45. The summed E-state index contributed by atoms with van der Waals surface area (Å²) in [4.78, 5) is 23.8. The third-order valence-electron chi connectivity index (χ3n) is 5.72. The Morgan fingerprint density at radius 1 is 1.20 bits per heavy atom. The molecule has 30 heavy (non-hydrogen) atoms. The van der Waals surface area contributed by atoms with Gasteiger partial charge < -0.3 is 16.0 Å². The summed E-state index contributed by atoms with van der Waals surface area (Å²) in [5, 5.41) is 6.75. The summed E-state index contributed by atoms with van der Waals surface area (Å²) in [6.45, 7) is 0.0424. The fourth-order valence-corrected chi connectivity index (χ4v) is 4.19. The lowest BCUT2D eigenvalue weighted by atomic mass is 9.78. The number of carbonyl (C=O) groups excluding carboxylic acids is 2. The molecule has 1 heterocycles. The second-order valence-corrected chi connectivity index (χ2v) is 8.11. The SMILES string of the molecule is O=C1NC[C@@H](C(=O)N[C@@H](C[C@H]2CC[C@@H](C(F)(F)F)CC2)c2ccc(F)c(Cl)c2F)N1. The molecule has 3 amide bonds. The van der Waals surface area contributed by atoms with Crippen LogP contribution in [-0.2, 0) is 4.79 Å². The van der Waals surface area contributed by atoms with E-state index in [0.717, 1.165) is 12.1 Å². The molecule has 2 aliphatic rings. The summed E-state index contributed by atoms with van der Waals surface area (Å²) < 4.78 is 66.9. The number of rotatable bonds is 5. The van der Waals surface area contributed by atoms with Crippen LogP contribution in [-0.4, -0.2) is 30.7 Å². The largest absolute Gasteiger partial charge is 0.391 e. The van der Waals surface area contributed by atoms with Crippen molar-refractivity contribution in [2.75, 3.05) is 6.54 Å². The van der Waals surface area contributed by atoms with Crippen molar-refractivity contribution in [3.8, 4) is 0 Å². The van der Waals surface area contributed by atoms with E-state index in [9.17, 15) is 31.5 Å². The van der Waals surface area contributed by atoms with Crippen molar-refractivity contribution in [1.29, 1.82) is 0 Å². The molecular formula is C19H21ClF5N3O2. The highest BCUT2D eigenvalue weighted by atomic mass is 35.5. The number of halogens is 6. The minimum absolute atomic E-state index is 0.0376. The maximum absolute atomic E-state index is 14.6. The van der Waals surface area contributed by atoms with Gasteiger partial charge in [0.1, 0.15) is 22.7 Å². The number of urea groups is 1. The third-order valence-corrected chi connectivity index (χ3v) is 6.07. The van der Waals surface area contributed by atoms with Crippen LogP contribution in [0.25, 0.3) is 0 Å². The molecule has 11 heteroatoms. The molecule has 2 fully saturated rings. The minimum Gasteiger partial charge on any atom is -0.347 e. The maximum atomic E-state index is 14.6. The Balaban J connectivity index is 1.76. The lowest BCUT2D eigenvalue weighted by Gasteiger charge is -2.32. The number of nitrogens with one attached hydrogen (secondary N) is 3. The Labute approximate surface area is 174 Å². The fraction of sp³-hybridized carbons (Fsp3) is 0.579. The van der Waals surface area contributed by atoms with Gasteiger partial charge in [-0.05, 0) is 44.1 Å². The summed E-state index contributed by atoms with van der Waals surface area (Å²) in [7, 11) is 0. The number of hydrogen-bond donors (Lipinski definition) is 3. The lowest BCUT2D eigenvalue weighted by molar-refractivity contribution is -0.184. The summed E-state index contributed by atoms with van der Waals surface area (Å²) in [6, 6.07) is -0.193. The summed E-state index contributed by atoms with van der Waals surface area (Å²) >= 11 is 5.67. The van der Waals surface area contributed by atoms with Crippen LogP contribution in [0.2, 0.25) is 5.02 Å². The van der Waals surface area contributed by atoms with Crippen molar-refractivity contribution in [3.05, 3.63) is 34.4 Å². The van der Waals surface area contributed by atoms with Gasteiger partial charge in [-0.2, -0.15) is 13.2 Å². The van der Waals surface area contributed by atoms with Crippen LogP contribution < -0.4 is 16.0 Å². The molecule has 1 aliphatic carbocycles. The molecule has 1 aliphatic heterocycles. The number of amides is 3. The van der Waals surface area contributed by atoms with Crippen LogP contribution in [0.5, 0.6) is 0 Å². The van der Waals surface area contributed by atoms with Crippen molar-refractivity contribution >= 4 is 23.5 Å². The predicted molar refractivity (Wildman–Crippen MR) is 98.7 cm³/mol. The third kappa shape index (κ3) is 5.14. The smallest absolute Gasteiger partial charge is 0.347 e. The van der Waals surface area contributed by atoms with Crippen LogP contribution in [0.1, 0.15) is 43.7 Å². The standard InChI is InChI=1S/C19H21ClF5N3O2/c20-15-12(21)6-5-11(16(15)22)13(27-17(29)14-8-26-18(30)28-14)7-9-1-3-10(4-2-9)19(23,24)25/h5-6,9-10,13-14H,1-4,7-8H2,(H,27,29)(H2,26,28,30)/t9-,10+,13-,14-/m0/s1. The second-order valence-electron chi connectivity index (χ2n) is 7.73. The Bertz CT molecular complexity index is 812. The van der Waals surface area contributed by atoms with Crippen molar-refractivity contribution in [1.82, 2.24) is 16.0 Å². The molecular weight excluding hydrogens is 433 g/mol. The quantitative estimate of drug-likeness (QED) is 0.461. The number of carbonyl (C=O) groups is 2. The van der Waals surface area contributed by atoms with E-state index in [-0.39, 0.29) is 50.1 Å². The number of alkyl halides is 3. The molecule has 1 aromatic rings. The fourth-order valence-electron chi connectivity index (χ4n) is 4.02. The van der Waals surface area contributed by atoms with Crippen molar-refractivity contribution in [2.45, 2.75) is 50.4 Å². The minimum atomic E-state index is -4.25. The molecule has 0 spiro atoms. The maximum Gasteiger partial charge on any atom is 0.391 e. The molecule has 1 saturated heterocycles. The number of benzene rings is 1. The first-order chi connectivity index (χ1) is 14.1. The van der Waals surface area contributed by atoms with E-state index >= 15 is 0 Å². The van der Waals surface area contributed by atoms with Gasteiger partial charge in [-0.15, -0.1) is 0 Å². The Morgan fingerprint density at radius 2 is 1.87 bits per heavy atom. The van der Waals surface area contributed by atoms with Crippen LogP contribution in [0, 0.1) is 23.5 Å². The van der Waals surface area contributed by atoms with Crippen LogP contribution in [0.4, 0.5) is 26.7 Å². The zero-order valence-corrected chi connectivity index (χ0v) is 16.5. The van der Waals surface area contributed by atoms with Gasteiger partial charge in [-0.3, -0.25) is 4.79 Å². The zero-order valence-electron chi connectivity index (χ0n) is 15.8. The van der Waals surface area contributed by atoms with E-state index in [1.807, 2.05) is 0 Å². The van der Waals surface area contributed by atoms with E-state index < -0.39 is 52.8 Å². The first-order valence-electron chi connectivity index (χ1n) is 9.61. The molecule has 1 aromatic carbocycles. The molecule has 0 aromatic heterocycles. The highest BCUT2D eigenvalue weighted by molar-refractivity contribution is 6.31. The van der Waals surface area contributed by atoms with Crippen LogP contribution in [0.3, 0.4) is 0 Å². The van der Waals surface area contributed by atoms with Gasteiger partial charge in [-0.25, -0.2) is 13.6 Å². The summed E-state index contributed by atoms with van der Waals surface area (Å²) in [6.07, 6.45) is -3.61. The normalized spacial score (nSPS) is 25.4. The van der Waals surface area contributed by atoms with Crippen LogP contribution >= 0.6 is 11.6 Å². The first kappa shape index (κ1) is 22.6. The molecule has 3 N–H and O–H groups in total. The molecule has 1 saturated carbocycles.